The van der Waals surface area contributed by atoms with E-state index in [4.69, 9.17) is 14.2 Å². The summed E-state index contributed by atoms with van der Waals surface area (Å²) in [5.41, 5.74) is 15.5. The second kappa shape index (κ2) is 30.2. The minimum Gasteiger partial charge on any atom is -0.464 e. The summed E-state index contributed by atoms with van der Waals surface area (Å²) in [4.78, 5) is 37.2. The van der Waals surface area contributed by atoms with Crippen LogP contribution in [-0.4, -0.2) is 104 Å². The number of aromatic nitrogens is 12. The molecule has 0 amide bonds. The zero-order chi connectivity index (χ0) is 65.9. The molecule has 0 saturated carbocycles. The minimum absolute atomic E-state index is 0.235. The van der Waals surface area contributed by atoms with Crippen molar-refractivity contribution in [3.63, 3.8) is 0 Å². The predicted molar refractivity (Wildman–Crippen MR) is 371 cm³/mol. The number of methoxy groups -OCH3 is 1. The van der Waals surface area contributed by atoms with Crippen molar-refractivity contribution in [1.82, 2.24) is 59.9 Å². The zero-order valence-corrected chi connectivity index (χ0v) is 56.9. The van der Waals surface area contributed by atoms with Crippen molar-refractivity contribution in [2.24, 2.45) is 0 Å². The molecule has 12 rings (SSSR count). The van der Waals surface area contributed by atoms with Gasteiger partial charge in [-0.15, -0.1) is 42.4 Å². The standard InChI is InChI=1S/C24H24N4O2S2.C24H24N4O2S.C23H22N4O2S/c1-15(2)18-10-5-6-11-20(18)28-21(13-19(27-28)24(29)30-14-31-4)23-26-25-22(32-23)17-9-7-8-16(3)12-17;1-5-30-24(29)19-14-21(28(27-19)20-12-7-6-11-18(20)15(2)3)23-26-25-22(31-23)17-10-8-9-16(4)13-17;1-14(2)17-10-5-6-11-19(17)27-20(13-18(26-27)23(28)29-4)22-25-24-21(30-22)16-9-7-8-15(3)12-16/h5-13,15H,14H2,1-4H3;6-15H,5H2,1-4H3;5-14H,1-4H3. The van der Waals surface area contributed by atoms with Gasteiger partial charge in [0.05, 0.1) is 30.8 Å². The molecule has 6 aromatic carbocycles. The highest BCUT2D eigenvalue weighted by Crippen LogP contribution is 2.38. The van der Waals surface area contributed by atoms with E-state index in [1.54, 1.807) is 39.2 Å². The van der Waals surface area contributed by atoms with Gasteiger partial charge in [0.25, 0.3) is 0 Å². The summed E-state index contributed by atoms with van der Waals surface area (Å²) >= 11 is 5.86. The fourth-order valence-corrected chi connectivity index (χ4v) is 12.9. The summed E-state index contributed by atoms with van der Waals surface area (Å²) in [7, 11) is 1.35. The summed E-state index contributed by atoms with van der Waals surface area (Å²) in [6.07, 6.45) is 1.88. The number of para-hydroxylation sites is 3. The molecule has 6 heterocycles. The van der Waals surface area contributed by atoms with E-state index in [2.05, 4.69) is 150 Å². The molecule has 93 heavy (non-hydrogen) atoms. The van der Waals surface area contributed by atoms with Gasteiger partial charge < -0.3 is 14.2 Å². The van der Waals surface area contributed by atoms with Gasteiger partial charge in [-0.25, -0.2) is 28.4 Å². The van der Waals surface area contributed by atoms with Gasteiger partial charge >= 0.3 is 17.9 Å². The van der Waals surface area contributed by atoms with Crippen molar-refractivity contribution >= 4 is 63.7 Å². The lowest BCUT2D eigenvalue weighted by Gasteiger charge is -2.14. The van der Waals surface area contributed by atoms with E-state index in [0.717, 1.165) is 82.2 Å². The zero-order valence-electron chi connectivity index (χ0n) is 53.7. The third-order valence-electron chi connectivity index (χ3n) is 14.6. The predicted octanol–water partition coefficient (Wildman–Crippen LogP) is 16.9. The largest absolute Gasteiger partial charge is 0.464 e. The number of carbonyl (C=O) groups is 3. The number of hydrogen-bond acceptors (Lipinski definition) is 19. The number of thioether (sulfide) groups is 1. The first-order chi connectivity index (χ1) is 44.9. The van der Waals surface area contributed by atoms with Gasteiger partial charge in [0, 0.05) is 34.9 Å². The quantitative estimate of drug-likeness (QED) is 0.0444. The Hall–Kier alpha value is -9.61. The van der Waals surface area contributed by atoms with Gasteiger partial charge in [-0.3, -0.25) is 0 Å². The Morgan fingerprint density at radius 3 is 1.03 bits per heavy atom. The molecule has 0 aliphatic rings. The van der Waals surface area contributed by atoms with Crippen molar-refractivity contribution in [1.29, 1.82) is 0 Å². The second-order valence-electron chi connectivity index (χ2n) is 22.5. The molecule has 6 aromatic heterocycles. The van der Waals surface area contributed by atoms with E-state index in [9.17, 15) is 14.4 Å². The highest BCUT2D eigenvalue weighted by Gasteiger charge is 2.26. The third-order valence-corrected chi connectivity index (χ3v) is 18.0. The average Bonchev–Trinajstić information content (AvgIpc) is 1.66. The Balaban J connectivity index is 0.000000153. The summed E-state index contributed by atoms with van der Waals surface area (Å²) in [6.45, 7) is 21.0. The van der Waals surface area contributed by atoms with E-state index in [1.807, 2.05) is 110 Å². The lowest BCUT2D eigenvalue weighted by molar-refractivity contribution is 0.0516. The Bertz CT molecular complexity index is 4590. The van der Waals surface area contributed by atoms with Crippen LogP contribution in [0.2, 0.25) is 0 Å². The van der Waals surface area contributed by atoms with Crippen LogP contribution in [0, 0.1) is 20.8 Å². The fourth-order valence-electron chi connectivity index (χ4n) is 10.1. The molecule has 0 radical (unpaired) electrons. The molecule has 18 nitrogen and oxygen atoms in total. The number of hydrogen-bond donors (Lipinski definition) is 0. The minimum atomic E-state index is -0.486. The Morgan fingerprint density at radius 1 is 0.419 bits per heavy atom. The van der Waals surface area contributed by atoms with Gasteiger partial charge in [-0.1, -0.05) is 201 Å². The number of ether oxygens (including phenoxy) is 3. The van der Waals surface area contributed by atoms with Crippen molar-refractivity contribution in [2.75, 3.05) is 25.9 Å². The summed E-state index contributed by atoms with van der Waals surface area (Å²) in [5.74, 6) is -0.251. The first-order valence-corrected chi connectivity index (χ1v) is 34.0. The smallest absolute Gasteiger partial charge is 0.359 e. The van der Waals surface area contributed by atoms with Gasteiger partial charge in [-0.05, 0) is 105 Å². The molecule has 0 aliphatic carbocycles. The van der Waals surface area contributed by atoms with Crippen LogP contribution in [0.25, 0.3) is 80.9 Å². The molecular formula is C71H70N12O6S4. The molecule has 0 aliphatic heterocycles. The molecule has 0 spiro atoms. The van der Waals surface area contributed by atoms with Crippen LogP contribution in [0.15, 0.2) is 164 Å². The number of benzene rings is 6. The third kappa shape index (κ3) is 15.5. The van der Waals surface area contributed by atoms with Crippen LogP contribution < -0.4 is 0 Å². The number of rotatable bonds is 18. The molecule has 0 N–H and O–H groups in total. The lowest BCUT2D eigenvalue weighted by Crippen LogP contribution is -2.08. The van der Waals surface area contributed by atoms with E-state index < -0.39 is 17.9 Å². The monoisotopic (exact) mass is 1310 g/mol. The Morgan fingerprint density at radius 2 is 0.731 bits per heavy atom. The molecule has 474 valence electrons. The molecule has 12 aromatic rings. The molecule has 22 heteroatoms. The van der Waals surface area contributed by atoms with Gasteiger partial charge in [-0.2, -0.15) is 15.3 Å². The lowest BCUT2D eigenvalue weighted by atomic mass is 10.0. The summed E-state index contributed by atoms with van der Waals surface area (Å²) in [5, 5.41) is 44.8. The maximum Gasteiger partial charge on any atom is 0.359 e. The molecule has 0 saturated heterocycles. The van der Waals surface area contributed by atoms with E-state index in [-0.39, 0.29) is 40.8 Å². The van der Waals surface area contributed by atoms with Gasteiger partial charge in [0.2, 0.25) is 0 Å². The second-order valence-corrected chi connectivity index (χ2v) is 26.3. The van der Waals surface area contributed by atoms with Crippen molar-refractivity contribution in [2.45, 2.75) is 87.0 Å². The van der Waals surface area contributed by atoms with Crippen LogP contribution in [0.5, 0.6) is 0 Å². The maximum absolute atomic E-state index is 12.6. The molecule has 0 atom stereocenters. The van der Waals surface area contributed by atoms with Crippen LogP contribution in [0.4, 0.5) is 0 Å². The number of aryl methyl sites for hydroxylation is 3. The highest BCUT2D eigenvalue weighted by molar-refractivity contribution is 7.98. The highest BCUT2D eigenvalue weighted by atomic mass is 32.2. The topological polar surface area (TPSA) is 210 Å². The van der Waals surface area contributed by atoms with Crippen molar-refractivity contribution in [3.05, 3.63) is 214 Å². The normalized spacial score (nSPS) is 11.1. The van der Waals surface area contributed by atoms with E-state index in [0.29, 0.717) is 38.7 Å². The number of nitrogens with zero attached hydrogens (tertiary/aromatic N) is 12. The van der Waals surface area contributed by atoms with Gasteiger partial charge in [0.1, 0.15) is 38.0 Å². The van der Waals surface area contributed by atoms with Gasteiger partial charge in [0.15, 0.2) is 32.1 Å². The Kier molecular flexibility index (Phi) is 21.5. The molecular weight excluding hydrogens is 1250 g/mol. The van der Waals surface area contributed by atoms with E-state index in [1.165, 1.54) is 52.9 Å². The van der Waals surface area contributed by atoms with Crippen LogP contribution >= 0.6 is 45.8 Å². The molecule has 0 unspecified atom stereocenters. The first kappa shape index (κ1) is 66.3. The summed E-state index contributed by atoms with van der Waals surface area (Å²) in [6, 6.07) is 53.8. The SMILES string of the molecule is CCOC(=O)c1cc(-c2nnc(-c3cccc(C)c3)s2)n(-c2ccccc2C(C)C)n1.COC(=O)c1cc(-c2nnc(-c3cccc(C)c3)s2)n(-c2ccccc2C(C)C)n1.CSCOC(=O)c1cc(-c2nnc(-c3cccc(C)c3)s2)n(-c2ccccc2C(C)C)n1. The first-order valence-electron chi connectivity index (χ1n) is 30.2. The van der Waals surface area contributed by atoms with Crippen LogP contribution in [0.3, 0.4) is 0 Å². The van der Waals surface area contributed by atoms with Crippen LogP contribution in [0.1, 0.15) is 131 Å². The molecule has 0 bridgehead atoms. The average molecular weight is 1320 g/mol. The molecule has 0 fully saturated rings. The van der Waals surface area contributed by atoms with Crippen molar-refractivity contribution in [3.8, 4) is 80.9 Å². The van der Waals surface area contributed by atoms with Crippen LogP contribution in [-0.2, 0) is 14.2 Å². The Labute approximate surface area is 556 Å². The maximum atomic E-state index is 12.6. The number of carbonyl (C=O) groups excluding carboxylic acids is 3. The number of esters is 3. The van der Waals surface area contributed by atoms with Crippen molar-refractivity contribution < 1.29 is 28.6 Å². The summed E-state index contributed by atoms with van der Waals surface area (Å²) < 4.78 is 20.7. The fraction of sp³-hybridized carbons (Fsp3) is 0.239. The van der Waals surface area contributed by atoms with E-state index >= 15 is 0 Å².